The van der Waals surface area contributed by atoms with Gasteiger partial charge in [0.15, 0.2) is 5.78 Å². The van der Waals surface area contributed by atoms with Crippen LogP contribution in [0.1, 0.15) is 67.7 Å². The van der Waals surface area contributed by atoms with Crippen molar-refractivity contribution >= 4 is 39.9 Å². The SMILES string of the molecule is O=C(C1=C(N2CCc3ccccc3C2)C(c2ccccc2)N(c2ccccc2C(F)(F)F)c2ncccc21)C1=C(N2CCc3ccccc3C2)C(c2ccccc2)N(c2ccccc2C(F)(F)F)c2ncccc21. The van der Waals surface area contributed by atoms with Gasteiger partial charge >= 0.3 is 12.4 Å². The third-order valence-corrected chi connectivity index (χ3v) is 14.7. The largest absolute Gasteiger partial charge is 0.418 e. The number of benzene rings is 6. The smallest absolute Gasteiger partial charge is 0.368 e. The number of carbonyl (C=O) groups is 1. The molecule has 0 aliphatic carbocycles. The first-order chi connectivity index (χ1) is 36.0. The predicted octanol–water partition coefficient (Wildman–Crippen LogP) is 14.1. The van der Waals surface area contributed by atoms with Gasteiger partial charge in [-0.2, -0.15) is 26.3 Å². The Morgan fingerprint density at radius 1 is 0.432 bits per heavy atom. The Morgan fingerprint density at radius 2 is 0.797 bits per heavy atom. The van der Waals surface area contributed by atoms with Crippen LogP contribution in [0.5, 0.6) is 0 Å². The zero-order valence-corrected chi connectivity index (χ0v) is 39.7. The molecule has 0 radical (unpaired) electrons. The van der Waals surface area contributed by atoms with E-state index < -0.39 is 41.3 Å². The van der Waals surface area contributed by atoms with Crippen LogP contribution in [0.3, 0.4) is 0 Å². The fourth-order valence-electron chi connectivity index (χ4n) is 11.5. The summed E-state index contributed by atoms with van der Waals surface area (Å²) >= 11 is 0. The highest BCUT2D eigenvalue weighted by Gasteiger charge is 2.49. The molecule has 13 heteroatoms. The number of hydrogen-bond donors (Lipinski definition) is 0. The Bertz CT molecular complexity index is 3290. The quantitative estimate of drug-likeness (QED) is 0.141. The standard InChI is InChI=1S/C61H46F6N6O/c62-60(63,64)47-27-11-13-29-49(47)72-53(41-19-3-1-4-20-41)55(70-35-31-39-17-7-9-23-43(39)37-70)51(45-25-15-33-68-58(45)72)57(74)52-46-26-16-34-69-59(46)73(50-30-14-12-28-48(50)61(65,66)67)54(42-21-5-2-6-22-42)56(52)71-36-32-40-18-8-10-24-44(40)38-71/h1-30,33-34,53-54H,31-32,35-38H2. The third kappa shape index (κ3) is 8.07. The monoisotopic (exact) mass is 992 g/mol. The molecule has 4 aliphatic heterocycles. The lowest BCUT2D eigenvalue weighted by molar-refractivity contribution is -0.137. The number of halogens is 6. The van der Waals surface area contributed by atoms with E-state index in [1.54, 1.807) is 46.2 Å². The first-order valence-corrected chi connectivity index (χ1v) is 24.5. The number of pyridine rings is 2. The molecular weight excluding hydrogens is 947 g/mol. The number of anilines is 4. The molecular formula is C61H46F6N6O. The summed E-state index contributed by atoms with van der Waals surface area (Å²) in [5, 5.41) is 0. The van der Waals surface area contributed by atoms with Gasteiger partial charge in [-0.05, 0) is 94.8 Å². The van der Waals surface area contributed by atoms with Crippen molar-refractivity contribution in [2.24, 2.45) is 0 Å². The fourth-order valence-corrected chi connectivity index (χ4v) is 11.5. The second-order valence-electron chi connectivity index (χ2n) is 18.9. The van der Waals surface area contributed by atoms with E-state index in [0.29, 0.717) is 72.7 Å². The number of ketones is 1. The van der Waals surface area contributed by atoms with E-state index in [1.807, 2.05) is 97.1 Å². The lowest BCUT2D eigenvalue weighted by atomic mass is 9.79. The van der Waals surface area contributed by atoms with Crippen molar-refractivity contribution in [1.29, 1.82) is 0 Å². The number of alkyl halides is 6. The summed E-state index contributed by atoms with van der Waals surface area (Å²) in [6.45, 7) is 1.49. The number of hydrogen-bond acceptors (Lipinski definition) is 7. The number of nitrogens with zero attached hydrogens (tertiary/aromatic N) is 6. The summed E-state index contributed by atoms with van der Waals surface area (Å²) in [6.07, 6.45) is -5.34. The van der Waals surface area contributed by atoms with Crippen LogP contribution in [0.25, 0.3) is 11.1 Å². The topological polar surface area (TPSA) is 55.8 Å². The zero-order chi connectivity index (χ0) is 50.7. The average molecular weight is 993 g/mol. The Morgan fingerprint density at radius 3 is 1.20 bits per heavy atom. The van der Waals surface area contributed by atoms with E-state index in [-0.39, 0.29) is 34.2 Å². The molecule has 2 unspecified atom stereocenters. The van der Waals surface area contributed by atoms with Gasteiger partial charge in [-0.15, -0.1) is 0 Å². The second kappa shape index (κ2) is 18.5. The van der Waals surface area contributed by atoms with Gasteiger partial charge in [0.25, 0.3) is 0 Å². The lowest BCUT2D eigenvalue weighted by Gasteiger charge is -2.48. The van der Waals surface area contributed by atoms with E-state index in [0.717, 1.165) is 34.4 Å². The zero-order valence-electron chi connectivity index (χ0n) is 39.7. The number of Topliss-reactive ketones (excluding diaryl/α,β-unsaturated/α-hetero) is 1. The molecule has 6 aromatic carbocycles. The van der Waals surface area contributed by atoms with Crippen LogP contribution in [0.2, 0.25) is 0 Å². The maximum Gasteiger partial charge on any atom is 0.418 e. The molecule has 6 heterocycles. The van der Waals surface area contributed by atoms with Gasteiger partial charge in [0.1, 0.15) is 23.7 Å². The first-order valence-electron chi connectivity index (χ1n) is 24.5. The van der Waals surface area contributed by atoms with Gasteiger partial charge in [0, 0.05) is 49.7 Å². The van der Waals surface area contributed by atoms with Crippen molar-refractivity contribution in [3.8, 4) is 0 Å². The molecule has 0 saturated heterocycles. The highest BCUT2D eigenvalue weighted by molar-refractivity contribution is 6.45. The molecule has 2 atom stereocenters. The van der Waals surface area contributed by atoms with E-state index in [1.165, 1.54) is 36.7 Å². The maximum atomic E-state index is 17.3. The van der Waals surface area contributed by atoms with Crippen molar-refractivity contribution in [2.45, 2.75) is 50.4 Å². The van der Waals surface area contributed by atoms with Crippen LogP contribution in [-0.2, 0) is 43.1 Å². The maximum absolute atomic E-state index is 17.3. The fraction of sp³-hybridized carbons (Fsp3) is 0.164. The summed E-state index contributed by atoms with van der Waals surface area (Å²) in [5.74, 6) is -0.191. The Hall–Kier alpha value is -8.45. The summed E-state index contributed by atoms with van der Waals surface area (Å²) < 4.78 is 92.6. The van der Waals surface area contributed by atoms with Gasteiger partial charge in [-0.25, -0.2) is 9.97 Å². The third-order valence-electron chi connectivity index (χ3n) is 14.7. The minimum absolute atomic E-state index is 0.138. The normalized spacial score (nSPS) is 17.6. The highest BCUT2D eigenvalue weighted by Crippen LogP contribution is 2.57. The number of fused-ring (bicyclic) bond motifs is 4. The summed E-state index contributed by atoms with van der Waals surface area (Å²) in [7, 11) is 0. The Kier molecular flexibility index (Phi) is 11.7. The summed E-state index contributed by atoms with van der Waals surface area (Å²) in [5.41, 5.74) is 5.45. The lowest BCUT2D eigenvalue weighted by Crippen LogP contribution is -2.44. The average Bonchev–Trinajstić information content (AvgIpc) is 3.43. The molecule has 2 aromatic heterocycles. The van der Waals surface area contributed by atoms with Crippen LogP contribution >= 0.6 is 0 Å². The van der Waals surface area contributed by atoms with Gasteiger partial charge < -0.3 is 19.6 Å². The molecule has 0 fully saturated rings. The summed E-state index contributed by atoms with van der Waals surface area (Å²) in [4.78, 5) is 34.6. The number of allylic oxidation sites excluding steroid dienone is 2. The minimum Gasteiger partial charge on any atom is -0.368 e. The molecule has 8 aromatic rings. The van der Waals surface area contributed by atoms with Crippen molar-refractivity contribution in [3.05, 3.63) is 261 Å². The molecule has 74 heavy (non-hydrogen) atoms. The molecule has 0 saturated carbocycles. The number of para-hydroxylation sites is 2. The van der Waals surface area contributed by atoms with Crippen LogP contribution in [0.4, 0.5) is 49.4 Å². The number of aromatic nitrogens is 2. The molecule has 4 aliphatic rings. The Balaban J connectivity index is 1.21. The molecule has 0 spiro atoms. The molecule has 368 valence electrons. The molecule has 0 amide bonds. The number of rotatable bonds is 8. The van der Waals surface area contributed by atoms with E-state index in [4.69, 9.17) is 9.97 Å². The van der Waals surface area contributed by atoms with E-state index >= 15 is 31.1 Å². The van der Waals surface area contributed by atoms with Gasteiger partial charge in [-0.3, -0.25) is 4.79 Å². The molecule has 12 rings (SSSR count). The van der Waals surface area contributed by atoms with Gasteiger partial charge in [0.2, 0.25) is 0 Å². The van der Waals surface area contributed by atoms with E-state index in [2.05, 4.69) is 21.9 Å². The van der Waals surface area contributed by atoms with Crippen molar-refractivity contribution in [3.63, 3.8) is 0 Å². The first kappa shape index (κ1) is 46.6. The predicted molar refractivity (Wildman–Crippen MR) is 274 cm³/mol. The van der Waals surface area contributed by atoms with Crippen LogP contribution < -0.4 is 9.80 Å². The molecule has 0 bridgehead atoms. The summed E-state index contributed by atoms with van der Waals surface area (Å²) in [6, 6.07) is 50.2. The van der Waals surface area contributed by atoms with Gasteiger partial charge in [0.05, 0.1) is 45.0 Å². The van der Waals surface area contributed by atoms with Crippen LogP contribution in [-0.4, -0.2) is 38.6 Å². The van der Waals surface area contributed by atoms with Crippen LogP contribution in [0.15, 0.2) is 206 Å². The van der Waals surface area contributed by atoms with E-state index in [9.17, 15) is 0 Å². The van der Waals surface area contributed by atoms with Crippen molar-refractivity contribution in [2.75, 3.05) is 22.9 Å². The molecule has 7 nitrogen and oxygen atoms in total. The Labute approximate surface area is 424 Å². The number of carbonyl (C=O) groups excluding carboxylic acids is 1. The van der Waals surface area contributed by atoms with Crippen LogP contribution in [0, 0.1) is 0 Å². The molecule has 0 N–H and O–H groups in total. The van der Waals surface area contributed by atoms with Crippen molar-refractivity contribution in [1.82, 2.24) is 19.8 Å². The van der Waals surface area contributed by atoms with Crippen molar-refractivity contribution < 1.29 is 31.1 Å². The van der Waals surface area contributed by atoms with Gasteiger partial charge in [-0.1, -0.05) is 133 Å². The second-order valence-corrected chi connectivity index (χ2v) is 18.9. The highest BCUT2D eigenvalue weighted by atomic mass is 19.4. The minimum atomic E-state index is -4.77.